The molecule has 4 nitrogen and oxygen atoms in total. The lowest BCUT2D eigenvalue weighted by atomic mass is 9.64. The summed E-state index contributed by atoms with van der Waals surface area (Å²) in [6, 6.07) is 43.0. The Bertz CT molecular complexity index is 1280. The minimum absolute atomic E-state index is 0.244. The quantitative estimate of drug-likeness (QED) is 0.116. The van der Waals surface area contributed by atoms with E-state index in [-0.39, 0.29) is 5.41 Å². The average molecular weight is 569 g/mol. The average Bonchev–Trinajstić information content (AvgIpc) is 3.03. The highest BCUT2D eigenvalue weighted by molar-refractivity contribution is 6.81. The summed E-state index contributed by atoms with van der Waals surface area (Å²) in [5.74, 6) is -0.889. The molecule has 41 heavy (non-hydrogen) atoms. The second-order valence-corrected chi connectivity index (χ2v) is 14.8. The highest BCUT2D eigenvalue weighted by Crippen LogP contribution is 2.51. The Labute approximate surface area is 247 Å². The Hall–Kier alpha value is -3.06. The van der Waals surface area contributed by atoms with Gasteiger partial charge >= 0.3 is 8.56 Å². The highest BCUT2D eigenvalue weighted by Gasteiger charge is 2.52. The van der Waals surface area contributed by atoms with Crippen molar-refractivity contribution in [1.29, 1.82) is 0 Å². The van der Waals surface area contributed by atoms with Gasteiger partial charge in [0, 0.05) is 51.9 Å². The zero-order valence-electron chi connectivity index (χ0n) is 25.3. The molecule has 0 saturated carbocycles. The monoisotopic (exact) mass is 568 g/mol. The van der Waals surface area contributed by atoms with Crippen molar-refractivity contribution in [1.82, 2.24) is 0 Å². The van der Waals surface area contributed by atoms with E-state index < -0.39 is 19.8 Å². The fourth-order valence-electron chi connectivity index (χ4n) is 6.57. The van der Waals surface area contributed by atoms with Gasteiger partial charge in [-0.05, 0) is 28.1 Å². The molecule has 0 unspecified atom stereocenters. The third-order valence-corrected chi connectivity index (χ3v) is 12.0. The zero-order chi connectivity index (χ0) is 29.4. The van der Waals surface area contributed by atoms with Crippen LogP contribution in [-0.2, 0) is 29.5 Å². The maximum absolute atomic E-state index is 6.47. The van der Waals surface area contributed by atoms with Crippen LogP contribution >= 0.6 is 0 Å². The number of ether oxygens (including phenoxy) is 2. The molecule has 4 rings (SSSR count). The van der Waals surface area contributed by atoms with Crippen LogP contribution in [0.1, 0.15) is 43.4 Å². The molecule has 0 radical (unpaired) electrons. The highest BCUT2D eigenvalue weighted by atomic mass is 28.4. The summed E-state index contributed by atoms with van der Waals surface area (Å²) in [6.45, 7) is 4.63. The van der Waals surface area contributed by atoms with Gasteiger partial charge in [-0.15, -0.1) is 0 Å². The van der Waals surface area contributed by atoms with E-state index in [9.17, 15) is 0 Å². The summed E-state index contributed by atoms with van der Waals surface area (Å²) in [5, 5.41) is 1.12. The predicted molar refractivity (Wildman–Crippen MR) is 169 cm³/mol. The largest absolute Gasteiger partial charge is 0.394 e. The second kappa shape index (κ2) is 13.3. The molecule has 4 aromatic carbocycles. The fraction of sp³-hybridized carbons (Fsp3) is 0.333. The molecular formula is C36H44O4Si. The van der Waals surface area contributed by atoms with E-state index in [2.05, 4.69) is 111 Å². The molecule has 4 aromatic rings. The summed E-state index contributed by atoms with van der Waals surface area (Å²) in [5.41, 5.74) is 2.81. The van der Waals surface area contributed by atoms with Gasteiger partial charge in [-0.3, -0.25) is 0 Å². The lowest BCUT2D eigenvalue weighted by Gasteiger charge is -2.47. The maximum atomic E-state index is 6.47. The molecule has 0 aliphatic heterocycles. The van der Waals surface area contributed by atoms with E-state index in [0.29, 0.717) is 12.5 Å². The molecule has 0 heterocycles. The molecule has 0 bridgehead atoms. The van der Waals surface area contributed by atoms with Gasteiger partial charge in [0.05, 0.1) is 0 Å². The number of rotatable bonds is 14. The molecule has 0 saturated heterocycles. The van der Waals surface area contributed by atoms with Gasteiger partial charge < -0.3 is 18.3 Å². The summed E-state index contributed by atoms with van der Waals surface area (Å²) < 4.78 is 25.3. The number of hydrogen-bond acceptors (Lipinski definition) is 4. The number of methoxy groups -OCH3 is 2. The molecule has 0 atom stereocenters. The van der Waals surface area contributed by atoms with Gasteiger partial charge in [-0.1, -0.05) is 135 Å². The smallest absolute Gasteiger partial charge is 0.373 e. The van der Waals surface area contributed by atoms with Crippen molar-refractivity contribution in [2.45, 2.75) is 43.9 Å². The van der Waals surface area contributed by atoms with Gasteiger partial charge in [0.2, 0.25) is 0 Å². The van der Waals surface area contributed by atoms with E-state index in [1.54, 1.807) is 28.4 Å². The van der Waals surface area contributed by atoms with Gasteiger partial charge in [-0.25, -0.2) is 0 Å². The molecule has 5 heteroatoms. The topological polar surface area (TPSA) is 36.9 Å². The zero-order valence-corrected chi connectivity index (χ0v) is 26.3. The van der Waals surface area contributed by atoms with Crippen molar-refractivity contribution in [2.24, 2.45) is 5.41 Å². The van der Waals surface area contributed by atoms with E-state index in [1.807, 2.05) is 24.3 Å². The van der Waals surface area contributed by atoms with Crippen molar-refractivity contribution in [3.8, 4) is 0 Å². The Morgan fingerprint density at radius 3 is 1.29 bits per heavy atom. The molecule has 0 spiro atoms. The minimum Gasteiger partial charge on any atom is -0.394 e. The first kappa shape index (κ1) is 30.9. The minimum atomic E-state index is -2.92. The van der Waals surface area contributed by atoms with E-state index >= 15 is 0 Å². The van der Waals surface area contributed by atoms with Crippen molar-refractivity contribution in [3.05, 3.63) is 138 Å². The van der Waals surface area contributed by atoms with Crippen molar-refractivity contribution >= 4 is 13.7 Å². The molecule has 0 aromatic heterocycles. The van der Waals surface area contributed by atoms with Crippen LogP contribution in [0.25, 0.3) is 0 Å². The maximum Gasteiger partial charge on any atom is 0.373 e. The molecule has 0 aliphatic carbocycles. The van der Waals surface area contributed by atoms with Crippen LogP contribution in [0.5, 0.6) is 0 Å². The summed E-state index contributed by atoms with van der Waals surface area (Å²) in [7, 11) is 4.14. The third kappa shape index (κ3) is 6.55. The van der Waals surface area contributed by atoms with Gasteiger partial charge in [0.1, 0.15) is 0 Å². The van der Waals surface area contributed by atoms with Crippen LogP contribution in [0.4, 0.5) is 0 Å². The molecule has 0 amide bonds. The van der Waals surface area contributed by atoms with Crippen molar-refractivity contribution in [2.75, 3.05) is 28.4 Å². The molecule has 0 aliphatic rings. The van der Waals surface area contributed by atoms with E-state index in [0.717, 1.165) is 17.2 Å². The SMILES string of the molecule is COC(CC(C)(C)CC(C[Si](OC)(OC)c1ccccc1)(c1ccccc1)c1ccccc1)(OC)c1ccccc1. The predicted octanol–water partition coefficient (Wildman–Crippen LogP) is 7.57. The van der Waals surface area contributed by atoms with Crippen LogP contribution in [0.3, 0.4) is 0 Å². The lowest BCUT2D eigenvalue weighted by Crippen LogP contribution is -2.57. The van der Waals surface area contributed by atoms with Crippen molar-refractivity contribution in [3.63, 3.8) is 0 Å². The van der Waals surface area contributed by atoms with Crippen LogP contribution in [0.15, 0.2) is 121 Å². The molecular weight excluding hydrogens is 524 g/mol. The normalized spacial score (nSPS) is 12.8. The molecule has 0 fully saturated rings. The Kier molecular flexibility index (Phi) is 10.0. The summed E-state index contributed by atoms with van der Waals surface area (Å²) in [6.07, 6.45) is 1.46. The third-order valence-electron chi connectivity index (χ3n) is 8.43. The summed E-state index contributed by atoms with van der Waals surface area (Å²) in [4.78, 5) is 0. The first-order valence-electron chi connectivity index (χ1n) is 14.2. The Morgan fingerprint density at radius 1 is 0.512 bits per heavy atom. The van der Waals surface area contributed by atoms with E-state index in [4.69, 9.17) is 18.3 Å². The van der Waals surface area contributed by atoms with Crippen molar-refractivity contribution < 1.29 is 18.3 Å². The number of hydrogen-bond donors (Lipinski definition) is 0. The lowest BCUT2D eigenvalue weighted by molar-refractivity contribution is -0.234. The standard InChI is InChI=1S/C36H44O4Si/c1-34(2,28-36(37-3,38-4)32-23-15-9-16-24-32)27-35(30-19-11-7-12-20-30,31-21-13-8-14-22-31)29-41(39-5,40-6)33-25-17-10-18-26-33/h7-26H,27-29H2,1-6H3. The van der Waals surface area contributed by atoms with Gasteiger partial charge in [-0.2, -0.15) is 0 Å². The fourth-order valence-corrected chi connectivity index (χ4v) is 9.73. The van der Waals surface area contributed by atoms with Crippen LogP contribution in [0.2, 0.25) is 6.04 Å². The summed E-state index contributed by atoms with van der Waals surface area (Å²) >= 11 is 0. The number of benzene rings is 4. The van der Waals surface area contributed by atoms with E-state index in [1.165, 1.54) is 11.1 Å². The molecule has 0 N–H and O–H groups in total. The van der Waals surface area contributed by atoms with Gasteiger partial charge in [0.25, 0.3) is 0 Å². The Balaban J connectivity index is 1.91. The van der Waals surface area contributed by atoms with Crippen LogP contribution in [0, 0.1) is 5.41 Å². The molecule has 216 valence electrons. The Morgan fingerprint density at radius 2 is 0.902 bits per heavy atom. The van der Waals surface area contributed by atoms with Crippen LogP contribution < -0.4 is 5.19 Å². The van der Waals surface area contributed by atoms with Crippen LogP contribution in [-0.4, -0.2) is 37.0 Å². The second-order valence-electron chi connectivity index (χ2n) is 11.6. The van der Waals surface area contributed by atoms with Gasteiger partial charge in [0.15, 0.2) is 5.79 Å². The first-order valence-corrected chi connectivity index (χ1v) is 16.2. The first-order chi connectivity index (χ1) is 19.8.